The van der Waals surface area contributed by atoms with E-state index in [4.69, 9.17) is 23.2 Å². The van der Waals surface area contributed by atoms with E-state index in [1.165, 1.54) is 12.8 Å². The summed E-state index contributed by atoms with van der Waals surface area (Å²) < 4.78 is 0. The standard InChI is InChI=1S/C14H18Cl2N2O/c1-9-2-5-11(6-3-9)17-14(19)18-13-7-4-10(15)8-12(13)16/h4,7-9,11H,2-3,5-6H2,1H3,(H2,17,18,19). The molecule has 1 aliphatic rings. The first-order valence-electron chi connectivity index (χ1n) is 6.57. The first-order valence-corrected chi connectivity index (χ1v) is 7.33. The van der Waals surface area contributed by atoms with E-state index < -0.39 is 0 Å². The fourth-order valence-corrected chi connectivity index (χ4v) is 2.79. The second kappa shape index (κ2) is 6.49. The van der Waals surface area contributed by atoms with Crippen molar-refractivity contribution in [3.63, 3.8) is 0 Å². The molecule has 2 rings (SSSR count). The van der Waals surface area contributed by atoms with Gasteiger partial charge in [-0.05, 0) is 49.8 Å². The minimum atomic E-state index is -0.205. The molecule has 2 N–H and O–H groups in total. The third kappa shape index (κ3) is 4.29. The molecule has 2 amide bonds. The lowest BCUT2D eigenvalue weighted by atomic mass is 9.87. The van der Waals surface area contributed by atoms with Crippen LogP contribution in [0.15, 0.2) is 18.2 Å². The summed E-state index contributed by atoms with van der Waals surface area (Å²) in [7, 11) is 0. The van der Waals surface area contributed by atoms with E-state index in [2.05, 4.69) is 17.6 Å². The van der Waals surface area contributed by atoms with Crippen molar-refractivity contribution in [3.8, 4) is 0 Å². The van der Waals surface area contributed by atoms with Gasteiger partial charge in [-0.15, -0.1) is 0 Å². The van der Waals surface area contributed by atoms with Crippen LogP contribution in [0.2, 0.25) is 10.0 Å². The topological polar surface area (TPSA) is 41.1 Å². The van der Waals surface area contributed by atoms with Crippen molar-refractivity contribution in [1.82, 2.24) is 5.32 Å². The number of rotatable bonds is 2. The molecule has 5 heteroatoms. The number of hydrogen-bond donors (Lipinski definition) is 2. The summed E-state index contributed by atoms with van der Waals surface area (Å²) in [6.07, 6.45) is 4.44. The number of carbonyl (C=O) groups is 1. The highest BCUT2D eigenvalue weighted by Gasteiger charge is 2.19. The lowest BCUT2D eigenvalue weighted by Crippen LogP contribution is -2.39. The average Bonchev–Trinajstić information content (AvgIpc) is 2.36. The summed E-state index contributed by atoms with van der Waals surface area (Å²) in [6.45, 7) is 2.25. The zero-order valence-electron chi connectivity index (χ0n) is 10.9. The van der Waals surface area contributed by atoms with Crippen molar-refractivity contribution in [2.24, 2.45) is 5.92 Å². The Morgan fingerprint density at radius 3 is 2.53 bits per heavy atom. The van der Waals surface area contributed by atoms with Crippen LogP contribution < -0.4 is 10.6 Å². The molecule has 1 aliphatic carbocycles. The Morgan fingerprint density at radius 2 is 1.89 bits per heavy atom. The predicted octanol–water partition coefficient (Wildman–Crippen LogP) is 4.69. The predicted molar refractivity (Wildman–Crippen MR) is 80.0 cm³/mol. The van der Waals surface area contributed by atoms with Gasteiger partial charge >= 0.3 is 6.03 Å². The Morgan fingerprint density at radius 1 is 1.21 bits per heavy atom. The van der Waals surface area contributed by atoms with Crippen LogP contribution in [0.1, 0.15) is 32.6 Å². The highest BCUT2D eigenvalue weighted by Crippen LogP contribution is 2.26. The van der Waals surface area contributed by atoms with Gasteiger partial charge in [0, 0.05) is 11.1 Å². The van der Waals surface area contributed by atoms with Gasteiger partial charge < -0.3 is 10.6 Å². The van der Waals surface area contributed by atoms with E-state index in [0.717, 1.165) is 18.8 Å². The van der Waals surface area contributed by atoms with Crippen molar-refractivity contribution >= 4 is 34.9 Å². The molecule has 0 heterocycles. The van der Waals surface area contributed by atoms with Crippen molar-refractivity contribution in [2.45, 2.75) is 38.6 Å². The number of hydrogen-bond acceptors (Lipinski definition) is 1. The van der Waals surface area contributed by atoms with Gasteiger partial charge in [-0.1, -0.05) is 30.1 Å². The van der Waals surface area contributed by atoms with Crippen LogP contribution in [0.5, 0.6) is 0 Å². The number of halogens is 2. The molecule has 1 saturated carbocycles. The molecular formula is C14H18Cl2N2O. The van der Waals surface area contributed by atoms with E-state index in [1.54, 1.807) is 18.2 Å². The van der Waals surface area contributed by atoms with Gasteiger partial charge in [0.2, 0.25) is 0 Å². The van der Waals surface area contributed by atoms with Crippen molar-refractivity contribution in [2.75, 3.05) is 5.32 Å². The number of urea groups is 1. The lowest BCUT2D eigenvalue weighted by molar-refractivity contribution is 0.239. The number of nitrogens with one attached hydrogen (secondary N) is 2. The van der Waals surface area contributed by atoms with E-state index >= 15 is 0 Å². The molecule has 1 aromatic carbocycles. The van der Waals surface area contributed by atoms with Crippen molar-refractivity contribution < 1.29 is 4.79 Å². The maximum atomic E-state index is 11.9. The molecule has 0 aliphatic heterocycles. The van der Waals surface area contributed by atoms with Crippen LogP contribution in [0.4, 0.5) is 10.5 Å². The molecule has 0 atom stereocenters. The van der Waals surface area contributed by atoms with Crippen LogP contribution in [0, 0.1) is 5.92 Å². The zero-order valence-corrected chi connectivity index (χ0v) is 12.4. The second-order valence-electron chi connectivity index (χ2n) is 5.18. The monoisotopic (exact) mass is 300 g/mol. The number of carbonyl (C=O) groups excluding carboxylic acids is 1. The molecule has 1 fully saturated rings. The molecule has 1 aromatic rings. The number of benzene rings is 1. The molecule has 104 valence electrons. The summed E-state index contributed by atoms with van der Waals surface area (Å²) in [6, 6.07) is 5.07. The van der Waals surface area contributed by atoms with Gasteiger partial charge in [-0.2, -0.15) is 0 Å². The minimum absolute atomic E-state index is 0.205. The first kappa shape index (κ1) is 14.5. The van der Waals surface area contributed by atoms with Crippen molar-refractivity contribution in [3.05, 3.63) is 28.2 Å². The van der Waals surface area contributed by atoms with Crippen LogP contribution in [-0.2, 0) is 0 Å². The molecule has 0 bridgehead atoms. The maximum Gasteiger partial charge on any atom is 0.319 e. The second-order valence-corrected chi connectivity index (χ2v) is 6.02. The van der Waals surface area contributed by atoms with Gasteiger partial charge in [0.1, 0.15) is 0 Å². The Labute approximate surface area is 123 Å². The summed E-state index contributed by atoms with van der Waals surface area (Å²) >= 11 is 11.8. The quantitative estimate of drug-likeness (QED) is 0.817. The fourth-order valence-electron chi connectivity index (χ4n) is 2.34. The van der Waals surface area contributed by atoms with E-state index in [1.807, 2.05) is 0 Å². The average molecular weight is 301 g/mol. The van der Waals surface area contributed by atoms with E-state index in [0.29, 0.717) is 15.7 Å². The summed E-state index contributed by atoms with van der Waals surface area (Å²) in [5.74, 6) is 0.770. The third-order valence-electron chi connectivity index (χ3n) is 3.53. The molecule has 0 spiro atoms. The third-order valence-corrected chi connectivity index (χ3v) is 4.08. The SMILES string of the molecule is CC1CCC(NC(=O)Nc2ccc(Cl)cc2Cl)CC1. The number of amides is 2. The molecule has 0 radical (unpaired) electrons. The number of anilines is 1. The molecule has 0 unspecified atom stereocenters. The Bertz CT molecular complexity index is 457. The van der Waals surface area contributed by atoms with Crippen LogP contribution >= 0.6 is 23.2 Å². The fraction of sp³-hybridized carbons (Fsp3) is 0.500. The van der Waals surface area contributed by atoms with Crippen LogP contribution in [-0.4, -0.2) is 12.1 Å². The van der Waals surface area contributed by atoms with Crippen LogP contribution in [0.3, 0.4) is 0 Å². The molecule has 19 heavy (non-hydrogen) atoms. The lowest BCUT2D eigenvalue weighted by Gasteiger charge is -2.27. The zero-order chi connectivity index (χ0) is 13.8. The van der Waals surface area contributed by atoms with Gasteiger partial charge in [0.15, 0.2) is 0 Å². The smallest absolute Gasteiger partial charge is 0.319 e. The molecule has 0 saturated heterocycles. The summed E-state index contributed by atoms with van der Waals surface area (Å²) in [5, 5.41) is 6.74. The largest absolute Gasteiger partial charge is 0.335 e. The van der Waals surface area contributed by atoms with Gasteiger partial charge in [-0.25, -0.2) is 4.79 Å². The normalized spacial score (nSPS) is 22.9. The highest BCUT2D eigenvalue weighted by atomic mass is 35.5. The highest BCUT2D eigenvalue weighted by molar-refractivity contribution is 6.36. The molecular weight excluding hydrogens is 283 g/mol. The van der Waals surface area contributed by atoms with Crippen molar-refractivity contribution in [1.29, 1.82) is 0 Å². The summed E-state index contributed by atoms with van der Waals surface area (Å²) in [5.41, 5.74) is 0.577. The Hall–Kier alpha value is -0.930. The van der Waals surface area contributed by atoms with Gasteiger partial charge in [0.25, 0.3) is 0 Å². The minimum Gasteiger partial charge on any atom is -0.335 e. The Balaban J connectivity index is 1.87. The maximum absolute atomic E-state index is 11.9. The van der Waals surface area contributed by atoms with E-state index in [9.17, 15) is 4.79 Å². The summed E-state index contributed by atoms with van der Waals surface area (Å²) in [4.78, 5) is 11.9. The van der Waals surface area contributed by atoms with E-state index in [-0.39, 0.29) is 12.1 Å². The Kier molecular flexibility index (Phi) is 4.94. The van der Waals surface area contributed by atoms with Crippen LogP contribution in [0.25, 0.3) is 0 Å². The van der Waals surface area contributed by atoms with Gasteiger partial charge in [0.05, 0.1) is 10.7 Å². The first-order chi connectivity index (χ1) is 9.04. The molecule has 3 nitrogen and oxygen atoms in total. The van der Waals surface area contributed by atoms with Gasteiger partial charge in [-0.3, -0.25) is 0 Å². The molecule has 0 aromatic heterocycles.